The van der Waals surface area contributed by atoms with Crippen LogP contribution in [0.4, 0.5) is 0 Å². The largest absolute Gasteiger partial charge is 0.393 e. The monoisotopic (exact) mass is 196 g/mol. The quantitative estimate of drug-likeness (QED) is 0.802. The first-order chi connectivity index (χ1) is 6.39. The predicted molar refractivity (Wildman–Crippen MR) is 57.2 cm³/mol. The minimum Gasteiger partial charge on any atom is -0.393 e. The van der Waals surface area contributed by atoms with Crippen molar-refractivity contribution in [3.63, 3.8) is 0 Å². The van der Waals surface area contributed by atoms with E-state index in [0.717, 1.165) is 12.8 Å². The topological polar surface area (TPSA) is 38.1 Å². The summed E-state index contributed by atoms with van der Waals surface area (Å²) >= 11 is 0. The van der Waals surface area contributed by atoms with E-state index in [1.54, 1.807) is 0 Å². The third kappa shape index (κ3) is 3.14. The molecule has 0 bridgehead atoms. The van der Waals surface area contributed by atoms with E-state index in [9.17, 15) is 0 Å². The second-order valence-electron chi connectivity index (χ2n) is 4.85. The van der Waals surface area contributed by atoms with Gasteiger partial charge < -0.3 is 5.11 Å². The minimum absolute atomic E-state index is 0.0447. The van der Waals surface area contributed by atoms with Crippen LogP contribution in [-0.4, -0.2) is 21.0 Å². The number of aliphatic hydroxyl groups is 1. The molecule has 1 aromatic rings. The Kier molecular flexibility index (Phi) is 3.32. The molecule has 0 unspecified atom stereocenters. The van der Waals surface area contributed by atoms with Gasteiger partial charge in [-0.25, -0.2) is 0 Å². The van der Waals surface area contributed by atoms with Crippen molar-refractivity contribution in [2.45, 2.75) is 52.2 Å². The lowest BCUT2D eigenvalue weighted by molar-refractivity contribution is 0.185. The summed E-state index contributed by atoms with van der Waals surface area (Å²) in [5.41, 5.74) is 1.24. The highest BCUT2D eigenvalue weighted by atomic mass is 16.3. The first-order valence-electron chi connectivity index (χ1n) is 5.11. The lowest BCUT2D eigenvalue weighted by Crippen LogP contribution is -2.21. The van der Waals surface area contributed by atoms with E-state index in [1.807, 2.05) is 17.8 Å². The van der Waals surface area contributed by atoms with E-state index < -0.39 is 0 Å². The molecule has 0 aliphatic carbocycles. The Morgan fingerprint density at radius 3 is 2.57 bits per heavy atom. The first-order valence-corrected chi connectivity index (χ1v) is 5.11. The third-order valence-electron chi connectivity index (χ3n) is 2.17. The van der Waals surface area contributed by atoms with Crippen LogP contribution >= 0.6 is 0 Å². The van der Waals surface area contributed by atoms with Crippen LogP contribution in [0.15, 0.2) is 12.4 Å². The van der Waals surface area contributed by atoms with E-state index in [1.165, 1.54) is 5.56 Å². The van der Waals surface area contributed by atoms with Crippen LogP contribution < -0.4 is 0 Å². The van der Waals surface area contributed by atoms with Gasteiger partial charge in [-0.3, -0.25) is 4.68 Å². The molecule has 3 nitrogen and oxygen atoms in total. The molecule has 0 aromatic carbocycles. The summed E-state index contributed by atoms with van der Waals surface area (Å²) in [6, 6.07) is 0. The highest BCUT2D eigenvalue weighted by Crippen LogP contribution is 2.14. The van der Waals surface area contributed by atoms with Crippen molar-refractivity contribution >= 4 is 0 Å². The van der Waals surface area contributed by atoms with Crippen molar-refractivity contribution in [2.75, 3.05) is 0 Å². The van der Waals surface area contributed by atoms with Gasteiger partial charge >= 0.3 is 0 Å². The lowest BCUT2D eigenvalue weighted by Gasteiger charge is -2.18. The fraction of sp³-hybridized carbons (Fsp3) is 0.727. The average Bonchev–Trinajstić information content (AvgIpc) is 2.47. The maximum atomic E-state index is 9.15. The summed E-state index contributed by atoms with van der Waals surface area (Å²) in [5.74, 6) is 0. The maximum Gasteiger partial charge on any atom is 0.0543 e. The molecule has 1 N–H and O–H groups in total. The Hall–Kier alpha value is -0.830. The Labute approximate surface area is 85.8 Å². The van der Waals surface area contributed by atoms with E-state index >= 15 is 0 Å². The van der Waals surface area contributed by atoms with Crippen LogP contribution in [0.3, 0.4) is 0 Å². The zero-order valence-electron chi connectivity index (χ0n) is 9.49. The van der Waals surface area contributed by atoms with Crippen LogP contribution in [-0.2, 0) is 12.0 Å². The number of hydrogen-bond acceptors (Lipinski definition) is 2. The molecule has 80 valence electrons. The third-order valence-corrected chi connectivity index (χ3v) is 2.17. The van der Waals surface area contributed by atoms with Gasteiger partial charge in [-0.1, -0.05) is 0 Å². The molecule has 3 heteroatoms. The summed E-state index contributed by atoms with van der Waals surface area (Å²) in [5, 5.41) is 13.5. The standard InChI is InChI=1S/C11H20N2O/c1-9(14)5-6-10-7-12-13(8-10)11(2,3)4/h7-9,14H,5-6H2,1-4H3/t9-/m1/s1. The van der Waals surface area contributed by atoms with Crippen LogP contribution in [0, 0.1) is 0 Å². The molecule has 0 fully saturated rings. The molecule has 0 aliphatic heterocycles. The van der Waals surface area contributed by atoms with Crippen LogP contribution in [0.1, 0.15) is 39.7 Å². The van der Waals surface area contributed by atoms with Crippen molar-refractivity contribution < 1.29 is 5.11 Å². The van der Waals surface area contributed by atoms with Crippen molar-refractivity contribution in [1.29, 1.82) is 0 Å². The van der Waals surface area contributed by atoms with E-state index in [0.29, 0.717) is 0 Å². The van der Waals surface area contributed by atoms with Gasteiger partial charge in [0.2, 0.25) is 0 Å². The Balaban J connectivity index is 2.60. The van der Waals surface area contributed by atoms with Gasteiger partial charge in [-0.15, -0.1) is 0 Å². The van der Waals surface area contributed by atoms with Gasteiger partial charge in [0, 0.05) is 6.20 Å². The molecule has 0 amide bonds. The molecule has 14 heavy (non-hydrogen) atoms. The van der Waals surface area contributed by atoms with Crippen molar-refractivity contribution in [1.82, 2.24) is 9.78 Å². The van der Waals surface area contributed by atoms with Crippen LogP contribution in [0.25, 0.3) is 0 Å². The zero-order chi connectivity index (χ0) is 10.8. The molecule has 1 aromatic heterocycles. The molecule has 0 saturated heterocycles. The summed E-state index contributed by atoms with van der Waals surface area (Å²) in [4.78, 5) is 0. The fourth-order valence-electron chi connectivity index (χ4n) is 1.23. The SMILES string of the molecule is C[C@@H](O)CCc1cnn(C(C)(C)C)c1. The first kappa shape index (κ1) is 11.2. The Morgan fingerprint density at radius 1 is 1.50 bits per heavy atom. The second kappa shape index (κ2) is 4.13. The summed E-state index contributed by atoms with van der Waals surface area (Å²) in [6.07, 6.45) is 5.41. The molecule has 1 atom stereocenters. The smallest absolute Gasteiger partial charge is 0.0543 e. The highest BCUT2D eigenvalue weighted by molar-refractivity contribution is 5.05. The van der Waals surface area contributed by atoms with Crippen LogP contribution in [0.2, 0.25) is 0 Å². The number of nitrogens with zero attached hydrogens (tertiary/aromatic N) is 2. The van der Waals surface area contributed by atoms with E-state index in [4.69, 9.17) is 5.11 Å². The van der Waals surface area contributed by atoms with Gasteiger partial charge in [0.1, 0.15) is 0 Å². The summed E-state index contributed by atoms with van der Waals surface area (Å²) in [7, 11) is 0. The van der Waals surface area contributed by atoms with Gasteiger partial charge in [0.15, 0.2) is 0 Å². The van der Waals surface area contributed by atoms with Gasteiger partial charge in [-0.2, -0.15) is 5.10 Å². The average molecular weight is 196 g/mol. The highest BCUT2D eigenvalue weighted by Gasteiger charge is 2.13. The van der Waals surface area contributed by atoms with Crippen molar-refractivity contribution in [3.05, 3.63) is 18.0 Å². The molecule has 0 saturated carbocycles. The molecule has 0 aliphatic rings. The predicted octanol–water partition coefficient (Wildman–Crippen LogP) is 1.95. The van der Waals surface area contributed by atoms with Crippen LogP contribution in [0.5, 0.6) is 0 Å². The number of hydrogen-bond donors (Lipinski definition) is 1. The molecule has 0 spiro atoms. The zero-order valence-corrected chi connectivity index (χ0v) is 9.49. The number of rotatable bonds is 3. The summed E-state index contributed by atoms with van der Waals surface area (Å²) < 4.78 is 1.96. The van der Waals surface area contributed by atoms with Crippen molar-refractivity contribution in [2.24, 2.45) is 0 Å². The number of aryl methyl sites for hydroxylation is 1. The molecule has 0 radical (unpaired) electrons. The van der Waals surface area contributed by atoms with Gasteiger partial charge in [-0.05, 0) is 46.1 Å². The molecular weight excluding hydrogens is 176 g/mol. The molecule has 1 heterocycles. The Bertz CT molecular complexity index is 284. The maximum absolute atomic E-state index is 9.15. The number of aliphatic hydroxyl groups excluding tert-OH is 1. The normalized spacial score (nSPS) is 14.4. The van der Waals surface area contributed by atoms with Crippen molar-refractivity contribution in [3.8, 4) is 0 Å². The second-order valence-corrected chi connectivity index (χ2v) is 4.85. The molecule has 1 rings (SSSR count). The summed E-state index contributed by atoms with van der Waals surface area (Å²) in [6.45, 7) is 8.18. The number of aromatic nitrogens is 2. The van der Waals surface area contributed by atoms with E-state index in [-0.39, 0.29) is 11.6 Å². The van der Waals surface area contributed by atoms with Gasteiger partial charge in [0.05, 0.1) is 17.8 Å². The Morgan fingerprint density at radius 2 is 2.14 bits per heavy atom. The van der Waals surface area contributed by atoms with E-state index in [2.05, 4.69) is 32.1 Å². The molecular formula is C11H20N2O. The lowest BCUT2D eigenvalue weighted by atomic mass is 10.1. The van der Waals surface area contributed by atoms with Gasteiger partial charge in [0.25, 0.3) is 0 Å². The minimum atomic E-state index is -0.229. The fourth-order valence-corrected chi connectivity index (χ4v) is 1.23.